The van der Waals surface area contributed by atoms with Gasteiger partial charge in [0.15, 0.2) is 0 Å². The van der Waals surface area contributed by atoms with E-state index in [-0.39, 0.29) is 6.61 Å². The first-order valence-corrected chi connectivity index (χ1v) is 5.87. The van der Waals surface area contributed by atoms with Crippen molar-refractivity contribution >= 4 is 5.82 Å². The number of aromatic nitrogens is 3. The average Bonchev–Trinajstić information content (AvgIpc) is 2.64. The Bertz CT molecular complexity index is 521. The summed E-state index contributed by atoms with van der Waals surface area (Å²) in [7, 11) is 3.88. The molecule has 5 heteroatoms. The zero-order chi connectivity index (χ0) is 13.1. The molecule has 2 rings (SSSR count). The second kappa shape index (κ2) is 5.18. The number of anilines is 1. The Morgan fingerprint density at radius 1 is 1.44 bits per heavy atom. The molecule has 0 radical (unpaired) electrons. The van der Waals surface area contributed by atoms with E-state index in [0.717, 1.165) is 29.2 Å². The third-order valence-corrected chi connectivity index (χ3v) is 2.98. The SMILES string of the molecule is Cc1nn(C)c(N(C)Cc2cccnc2)c1CO. The molecule has 0 amide bonds. The number of rotatable bonds is 4. The van der Waals surface area contributed by atoms with E-state index in [0.29, 0.717) is 0 Å². The van der Waals surface area contributed by atoms with Gasteiger partial charge in [-0.2, -0.15) is 5.10 Å². The molecule has 0 aliphatic heterocycles. The van der Waals surface area contributed by atoms with Crippen molar-refractivity contribution in [2.24, 2.45) is 7.05 Å². The molecule has 0 unspecified atom stereocenters. The Morgan fingerprint density at radius 2 is 2.22 bits per heavy atom. The Balaban J connectivity index is 2.26. The van der Waals surface area contributed by atoms with Gasteiger partial charge in [-0.05, 0) is 18.6 Å². The van der Waals surface area contributed by atoms with Crippen LogP contribution in [0.1, 0.15) is 16.8 Å². The van der Waals surface area contributed by atoms with E-state index in [4.69, 9.17) is 0 Å². The highest BCUT2D eigenvalue weighted by Crippen LogP contribution is 2.23. The zero-order valence-electron chi connectivity index (χ0n) is 11.0. The lowest BCUT2D eigenvalue weighted by Gasteiger charge is -2.20. The first-order valence-electron chi connectivity index (χ1n) is 5.87. The lowest BCUT2D eigenvalue weighted by Crippen LogP contribution is -2.20. The highest BCUT2D eigenvalue weighted by atomic mass is 16.3. The summed E-state index contributed by atoms with van der Waals surface area (Å²) in [6.07, 6.45) is 3.61. The summed E-state index contributed by atoms with van der Waals surface area (Å²) in [5.74, 6) is 0.943. The molecule has 0 spiro atoms. The topological polar surface area (TPSA) is 54.2 Å². The second-order valence-electron chi connectivity index (χ2n) is 4.39. The van der Waals surface area contributed by atoms with Crippen LogP contribution in [0.3, 0.4) is 0 Å². The third-order valence-electron chi connectivity index (χ3n) is 2.98. The molecule has 2 aromatic rings. The van der Waals surface area contributed by atoms with Crippen molar-refractivity contribution < 1.29 is 5.11 Å². The molecule has 0 saturated carbocycles. The van der Waals surface area contributed by atoms with Crippen molar-refractivity contribution in [2.75, 3.05) is 11.9 Å². The van der Waals surface area contributed by atoms with Crippen LogP contribution in [0.5, 0.6) is 0 Å². The first kappa shape index (κ1) is 12.6. The Hall–Kier alpha value is -1.88. The molecule has 0 fully saturated rings. The highest BCUT2D eigenvalue weighted by Gasteiger charge is 2.16. The molecule has 5 nitrogen and oxygen atoms in total. The standard InChI is InChI=1S/C13H18N4O/c1-10-12(9-18)13(17(3)15-10)16(2)8-11-5-4-6-14-7-11/h4-7,18H,8-9H2,1-3H3. The van der Waals surface area contributed by atoms with Crippen molar-refractivity contribution in [3.63, 3.8) is 0 Å². The Kier molecular flexibility index (Phi) is 3.62. The molecule has 0 aliphatic carbocycles. The fourth-order valence-electron chi connectivity index (χ4n) is 2.19. The molecule has 0 bridgehead atoms. The molecule has 1 N–H and O–H groups in total. The number of pyridine rings is 1. The maximum atomic E-state index is 9.44. The molecule has 0 atom stereocenters. The van der Waals surface area contributed by atoms with E-state index in [9.17, 15) is 5.11 Å². The van der Waals surface area contributed by atoms with Gasteiger partial charge in [0.25, 0.3) is 0 Å². The molecule has 0 aromatic carbocycles. The first-order chi connectivity index (χ1) is 8.63. The monoisotopic (exact) mass is 246 g/mol. The summed E-state index contributed by atoms with van der Waals surface area (Å²) in [6.45, 7) is 2.65. The van der Waals surface area contributed by atoms with Crippen LogP contribution in [0.25, 0.3) is 0 Å². The van der Waals surface area contributed by atoms with Crippen molar-refractivity contribution in [1.29, 1.82) is 0 Å². The fourth-order valence-corrected chi connectivity index (χ4v) is 2.19. The van der Waals surface area contributed by atoms with Crippen LogP contribution in [0.2, 0.25) is 0 Å². The normalized spacial score (nSPS) is 10.7. The Morgan fingerprint density at radius 3 is 2.83 bits per heavy atom. The van der Waals surface area contributed by atoms with Gasteiger partial charge in [0.1, 0.15) is 5.82 Å². The van der Waals surface area contributed by atoms with Crippen LogP contribution in [0, 0.1) is 6.92 Å². The van der Waals surface area contributed by atoms with Gasteiger partial charge in [-0.15, -0.1) is 0 Å². The largest absolute Gasteiger partial charge is 0.391 e. The maximum absolute atomic E-state index is 9.44. The minimum atomic E-state index is 0.00634. The van der Waals surface area contributed by atoms with E-state index in [2.05, 4.69) is 15.0 Å². The lowest BCUT2D eigenvalue weighted by molar-refractivity contribution is 0.281. The molecule has 2 heterocycles. The highest BCUT2D eigenvalue weighted by molar-refractivity contribution is 5.49. The summed E-state index contributed by atoms with van der Waals surface area (Å²) in [4.78, 5) is 6.18. The van der Waals surface area contributed by atoms with Crippen LogP contribution in [-0.2, 0) is 20.2 Å². The quantitative estimate of drug-likeness (QED) is 0.882. The summed E-state index contributed by atoms with van der Waals surface area (Å²) in [5, 5.41) is 13.8. The number of nitrogens with zero attached hydrogens (tertiary/aromatic N) is 4. The molecule has 2 aromatic heterocycles. The van der Waals surface area contributed by atoms with E-state index in [1.165, 1.54) is 0 Å². The minimum Gasteiger partial charge on any atom is -0.391 e. The summed E-state index contributed by atoms with van der Waals surface area (Å²) in [6, 6.07) is 3.95. The molecular formula is C13H18N4O. The van der Waals surface area contributed by atoms with Gasteiger partial charge in [-0.3, -0.25) is 9.67 Å². The third kappa shape index (κ3) is 2.36. The number of hydrogen-bond donors (Lipinski definition) is 1. The number of hydrogen-bond acceptors (Lipinski definition) is 4. The molecule has 18 heavy (non-hydrogen) atoms. The molecule has 96 valence electrons. The fraction of sp³-hybridized carbons (Fsp3) is 0.385. The van der Waals surface area contributed by atoms with Crippen LogP contribution in [0.4, 0.5) is 5.82 Å². The average molecular weight is 246 g/mol. The van der Waals surface area contributed by atoms with E-state index in [1.807, 2.05) is 39.3 Å². The summed E-state index contributed by atoms with van der Waals surface area (Å²) >= 11 is 0. The minimum absolute atomic E-state index is 0.00634. The van der Waals surface area contributed by atoms with E-state index in [1.54, 1.807) is 10.9 Å². The van der Waals surface area contributed by atoms with Crippen LogP contribution < -0.4 is 4.90 Å². The van der Waals surface area contributed by atoms with Gasteiger partial charge in [0.05, 0.1) is 12.3 Å². The molecule has 0 aliphatic rings. The van der Waals surface area contributed by atoms with Gasteiger partial charge >= 0.3 is 0 Å². The van der Waals surface area contributed by atoms with Gasteiger partial charge in [0, 0.05) is 38.6 Å². The maximum Gasteiger partial charge on any atom is 0.132 e. The lowest BCUT2D eigenvalue weighted by atomic mass is 10.2. The van der Waals surface area contributed by atoms with Gasteiger partial charge < -0.3 is 10.0 Å². The number of aliphatic hydroxyl groups is 1. The predicted octanol–water partition coefficient (Wildman–Crippen LogP) is 1.25. The predicted molar refractivity (Wildman–Crippen MR) is 70.2 cm³/mol. The summed E-state index contributed by atoms with van der Waals surface area (Å²) in [5.41, 5.74) is 2.87. The van der Waals surface area contributed by atoms with Gasteiger partial charge in [0.2, 0.25) is 0 Å². The van der Waals surface area contributed by atoms with Crippen molar-refractivity contribution in [3.05, 3.63) is 41.3 Å². The number of aryl methyl sites for hydroxylation is 2. The van der Waals surface area contributed by atoms with Crippen molar-refractivity contribution in [3.8, 4) is 0 Å². The Labute approximate surface area is 107 Å². The molecule has 0 saturated heterocycles. The van der Waals surface area contributed by atoms with Crippen LogP contribution >= 0.6 is 0 Å². The number of aliphatic hydroxyl groups excluding tert-OH is 1. The van der Waals surface area contributed by atoms with Crippen molar-refractivity contribution in [1.82, 2.24) is 14.8 Å². The van der Waals surface area contributed by atoms with E-state index >= 15 is 0 Å². The molecular weight excluding hydrogens is 228 g/mol. The zero-order valence-corrected chi connectivity index (χ0v) is 11.0. The van der Waals surface area contributed by atoms with Gasteiger partial charge in [-0.1, -0.05) is 6.07 Å². The smallest absolute Gasteiger partial charge is 0.132 e. The van der Waals surface area contributed by atoms with Gasteiger partial charge in [-0.25, -0.2) is 0 Å². The van der Waals surface area contributed by atoms with Crippen LogP contribution in [0.15, 0.2) is 24.5 Å². The summed E-state index contributed by atoms with van der Waals surface area (Å²) < 4.78 is 1.80. The van der Waals surface area contributed by atoms with Crippen LogP contribution in [-0.4, -0.2) is 26.9 Å². The van der Waals surface area contributed by atoms with Crippen molar-refractivity contribution in [2.45, 2.75) is 20.1 Å². The second-order valence-corrected chi connectivity index (χ2v) is 4.39. The van der Waals surface area contributed by atoms with E-state index < -0.39 is 0 Å².